The van der Waals surface area contributed by atoms with Crippen LogP contribution in [0.4, 0.5) is 10.5 Å². The SMILES string of the molecule is CCOC(=O)N1CC=C(C(=O)O)c2ccccc21. The molecule has 0 aliphatic carbocycles. The quantitative estimate of drug-likeness (QED) is 0.869. The molecule has 0 bridgehead atoms. The maximum Gasteiger partial charge on any atom is 0.414 e. The van der Waals surface area contributed by atoms with Crippen molar-refractivity contribution in [3.8, 4) is 0 Å². The fourth-order valence-electron chi connectivity index (χ4n) is 1.90. The Hall–Kier alpha value is -2.30. The summed E-state index contributed by atoms with van der Waals surface area (Å²) in [6, 6.07) is 6.89. The number of hydrogen-bond acceptors (Lipinski definition) is 3. The number of fused-ring (bicyclic) bond motifs is 1. The molecule has 0 saturated heterocycles. The van der Waals surface area contributed by atoms with Gasteiger partial charge in [-0.3, -0.25) is 4.90 Å². The minimum atomic E-state index is -0.994. The van der Waals surface area contributed by atoms with Crippen molar-refractivity contribution in [1.82, 2.24) is 0 Å². The molecule has 0 aromatic heterocycles. The van der Waals surface area contributed by atoms with Crippen LogP contribution in [0.2, 0.25) is 0 Å². The third-order valence-electron chi connectivity index (χ3n) is 2.68. The van der Waals surface area contributed by atoms with Crippen molar-refractivity contribution in [2.45, 2.75) is 6.92 Å². The summed E-state index contributed by atoms with van der Waals surface area (Å²) < 4.78 is 4.94. The predicted octanol–water partition coefficient (Wildman–Crippen LogP) is 2.13. The van der Waals surface area contributed by atoms with Gasteiger partial charge in [0.2, 0.25) is 0 Å². The minimum absolute atomic E-state index is 0.206. The summed E-state index contributed by atoms with van der Waals surface area (Å²) in [7, 11) is 0. The van der Waals surface area contributed by atoms with Gasteiger partial charge in [0.1, 0.15) is 0 Å². The van der Waals surface area contributed by atoms with Crippen molar-refractivity contribution in [1.29, 1.82) is 0 Å². The molecule has 18 heavy (non-hydrogen) atoms. The zero-order chi connectivity index (χ0) is 13.1. The molecule has 0 atom stereocenters. The summed E-state index contributed by atoms with van der Waals surface area (Å²) in [5.74, 6) is -0.994. The van der Waals surface area contributed by atoms with Crippen molar-refractivity contribution in [3.05, 3.63) is 35.9 Å². The number of aliphatic carboxylic acids is 1. The van der Waals surface area contributed by atoms with Crippen molar-refractivity contribution in [2.24, 2.45) is 0 Å². The lowest BCUT2D eigenvalue weighted by Gasteiger charge is -2.27. The first-order valence-corrected chi connectivity index (χ1v) is 5.62. The fraction of sp³-hybridized carbons (Fsp3) is 0.231. The maximum absolute atomic E-state index is 11.8. The third-order valence-corrected chi connectivity index (χ3v) is 2.68. The molecule has 5 heteroatoms. The van der Waals surface area contributed by atoms with Crippen molar-refractivity contribution >= 4 is 23.3 Å². The van der Waals surface area contributed by atoms with E-state index in [1.165, 1.54) is 11.0 Å². The molecule has 1 amide bonds. The van der Waals surface area contributed by atoms with E-state index in [1.54, 1.807) is 31.2 Å². The van der Waals surface area contributed by atoms with Gasteiger partial charge >= 0.3 is 12.1 Å². The van der Waals surface area contributed by atoms with Gasteiger partial charge in [0.05, 0.1) is 17.9 Å². The Bertz CT molecular complexity index is 521. The first kappa shape index (κ1) is 12.2. The normalized spacial score (nSPS) is 13.6. The van der Waals surface area contributed by atoms with Gasteiger partial charge in [-0.1, -0.05) is 18.2 Å². The molecule has 1 heterocycles. The highest BCUT2D eigenvalue weighted by molar-refractivity contribution is 6.19. The van der Waals surface area contributed by atoms with Crippen LogP contribution in [0.5, 0.6) is 0 Å². The predicted molar refractivity (Wildman–Crippen MR) is 66.4 cm³/mol. The van der Waals surface area contributed by atoms with E-state index in [0.29, 0.717) is 11.3 Å². The molecule has 94 valence electrons. The number of nitrogens with zero attached hydrogens (tertiary/aromatic N) is 1. The van der Waals surface area contributed by atoms with Crippen LogP contribution in [0.3, 0.4) is 0 Å². The van der Waals surface area contributed by atoms with Gasteiger partial charge in [-0.15, -0.1) is 0 Å². The van der Waals surface area contributed by atoms with E-state index in [-0.39, 0.29) is 18.7 Å². The summed E-state index contributed by atoms with van der Waals surface area (Å²) in [6.07, 6.45) is 1.05. The molecule has 1 N–H and O–H groups in total. The van der Waals surface area contributed by atoms with Crippen LogP contribution in [-0.4, -0.2) is 30.3 Å². The van der Waals surface area contributed by atoms with Crippen molar-refractivity contribution in [3.63, 3.8) is 0 Å². The van der Waals surface area contributed by atoms with Crippen molar-refractivity contribution in [2.75, 3.05) is 18.1 Å². The largest absolute Gasteiger partial charge is 0.478 e. The lowest BCUT2D eigenvalue weighted by molar-refractivity contribution is -0.130. The molecule has 0 saturated carbocycles. The molecule has 0 unspecified atom stereocenters. The molecule has 1 aromatic carbocycles. The number of carboxylic acids is 1. The highest BCUT2D eigenvalue weighted by Gasteiger charge is 2.26. The number of anilines is 1. The van der Waals surface area contributed by atoms with Crippen LogP contribution in [0.15, 0.2) is 30.3 Å². The van der Waals surface area contributed by atoms with E-state index in [0.717, 1.165) is 0 Å². The standard InChI is InChI=1S/C13H13NO4/c1-2-18-13(17)14-8-7-10(12(15)16)9-5-3-4-6-11(9)14/h3-7H,2,8H2,1H3,(H,15,16). The van der Waals surface area contributed by atoms with Crippen LogP contribution in [-0.2, 0) is 9.53 Å². The number of carbonyl (C=O) groups is 2. The van der Waals surface area contributed by atoms with Gasteiger partial charge in [0.25, 0.3) is 0 Å². The molecule has 1 aliphatic heterocycles. The van der Waals surface area contributed by atoms with E-state index in [1.807, 2.05) is 0 Å². The van der Waals surface area contributed by atoms with Gasteiger partial charge in [0.15, 0.2) is 0 Å². The number of para-hydroxylation sites is 1. The zero-order valence-electron chi connectivity index (χ0n) is 9.92. The molecule has 0 radical (unpaired) electrons. The number of carbonyl (C=O) groups excluding carboxylic acids is 1. The van der Waals surface area contributed by atoms with Gasteiger partial charge in [0, 0.05) is 12.1 Å². The molecule has 5 nitrogen and oxygen atoms in total. The zero-order valence-corrected chi connectivity index (χ0v) is 9.92. The number of benzene rings is 1. The first-order valence-electron chi connectivity index (χ1n) is 5.62. The van der Waals surface area contributed by atoms with Gasteiger partial charge in [-0.05, 0) is 19.1 Å². The molecule has 2 rings (SSSR count). The summed E-state index contributed by atoms with van der Waals surface area (Å²) >= 11 is 0. The molecule has 0 fully saturated rings. The highest BCUT2D eigenvalue weighted by atomic mass is 16.6. The number of rotatable bonds is 2. The summed E-state index contributed by atoms with van der Waals surface area (Å²) in [5, 5.41) is 9.11. The summed E-state index contributed by atoms with van der Waals surface area (Å²) in [4.78, 5) is 24.3. The van der Waals surface area contributed by atoms with Crippen LogP contribution < -0.4 is 4.90 Å². The first-order chi connectivity index (χ1) is 8.65. The Kier molecular flexibility index (Phi) is 3.32. The van der Waals surface area contributed by atoms with E-state index in [9.17, 15) is 9.59 Å². The van der Waals surface area contributed by atoms with E-state index < -0.39 is 12.1 Å². The summed E-state index contributed by atoms with van der Waals surface area (Å²) in [5.41, 5.74) is 1.31. The van der Waals surface area contributed by atoms with Gasteiger partial charge in [-0.2, -0.15) is 0 Å². The second-order valence-electron chi connectivity index (χ2n) is 3.75. The molecule has 1 aliphatic rings. The maximum atomic E-state index is 11.8. The number of amides is 1. The fourth-order valence-corrected chi connectivity index (χ4v) is 1.90. The summed E-state index contributed by atoms with van der Waals surface area (Å²) in [6.45, 7) is 2.22. The van der Waals surface area contributed by atoms with E-state index in [4.69, 9.17) is 9.84 Å². The van der Waals surface area contributed by atoms with Crippen LogP contribution in [0, 0.1) is 0 Å². The van der Waals surface area contributed by atoms with E-state index in [2.05, 4.69) is 0 Å². The van der Waals surface area contributed by atoms with Gasteiger partial charge in [-0.25, -0.2) is 9.59 Å². The Morgan fingerprint density at radius 1 is 1.39 bits per heavy atom. The second kappa shape index (κ2) is 4.91. The Morgan fingerprint density at radius 3 is 2.78 bits per heavy atom. The van der Waals surface area contributed by atoms with Crippen LogP contribution in [0.25, 0.3) is 5.57 Å². The van der Waals surface area contributed by atoms with E-state index >= 15 is 0 Å². The third kappa shape index (κ3) is 2.07. The number of hydrogen-bond donors (Lipinski definition) is 1. The second-order valence-corrected chi connectivity index (χ2v) is 3.75. The minimum Gasteiger partial charge on any atom is -0.478 e. The topological polar surface area (TPSA) is 66.8 Å². The van der Waals surface area contributed by atoms with Crippen molar-refractivity contribution < 1.29 is 19.4 Å². The number of ether oxygens (including phenoxy) is 1. The molecular weight excluding hydrogens is 234 g/mol. The highest BCUT2D eigenvalue weighted by Crippen LogP contribution is 2.31. The Balaban J connectivity index is 2.42. The Morgan fingerprint density at radius 2 is 2.11 bits per heavy atom. The van der Waals surface area contributed by atoms with Crippen LogP contribution in [0.1, 0.15) is 12.5 Å². The average Bonchev–Trinajstić information content (AvgIpc) is 2.37. The van der Waals surface area contributed by atoms with Gasteiger partial charge < -0.3 is 9.84 Å². The van der Waals surface area contributed by atoms with Crippen LogP contribution >= 0.6 is 0 Å². The molecular formula is C13H13NO4. The molecule has 0 spiro atoms. The monoisotopic (exact) mass is 247 g/mol. The lowest BCUT2D eigenvalue weighted by Crippen LogP contribution is -2.34. The number of carboxylic acid groups (broad SMARTS) is 1. The average molecular weight is 247 g/mol. The smallest absolute Gasteiger partial charge is 0.414 e. The molecule has 1 aromatic rings. The lowest BCUT2D eigenvalue weighted by atomic mass is 9.99. The Labute approximate surface area is 104 Å².